The van der Waals surface area contributed by atoms with Crippen molar-refractivity contribution in [2.75, 3.05) is 0 Å². The molecule has 0 aliphatic rings. The van der Waals surface area contributed by atoms with Gasteiger partial charge in [-0.15, -0.1) is 5.10 Å². The number of rotatable bonds is 2. The van der Waals surface area contributed by atoms with Gasteiger partial charge in [-0.2, -0.15) is 0 Å². The van der Waals surface area contributed by atoms with Crippen LogP contribution in [0, 0.1) is 6.92 Å². The Morgan fingerprint density at radius 2 is 1.68 bits per heavy atom. The van der Waals surface area contributed by atoms with E-state index >= 15 is 0 Å². The summed E-state index contributed by atoms with van der Waals surface area (Å²) in [5.74, 6) is 0.368. The number of nitrogens with zero attached hydrogens (tertiary/aromatic N) is 2. The molecule has 1 aromatic heterocycles. The molecule has 0 atom stereocenters. The number of aryl methyl sites for hydroxylation is 1. The van der Waals surface area contributed by atoms with Gasteiger partial charge in [-0.1, -0.05) is 35.5 Å². The number of aromatic amines is 1. The molecule has 3 rings (SSSR count). The molecule has 0 saturated carbocycles. The van der Waals surface area contributed by atoms with Crippen LogP contribution in [0.5, 0.6) is 5.75 Å². The molecule has 9 heteroatoms. The lowest BCUT2D eigenvalue weighted by molar-refractivity contribution is 0.471. The Kier molecular flexibility index (Phi) is 9.02. The fourth-order valence-electron chi connectivity index (χ4n) is 1.47. The van der Waals surface area contributed by atoms with Crippen molar-refractivity contribution in [3.63, 3.8) is 0 Å². The van der Waals surface area contributed by atoms with Crippen LogP contribution in [0.2, 0.25) is 0 Å². The van der Waals surface area contributed by atoms with Gasteiger partial charge in [-0.3, -0.25) is 5.10 Å². The van der Waals surface area contributed by atoms with Crippen molar-refractivity contribution in [2.24, 2.45) is 0 Å². The molecule has 22 heavy (non-hydrogen) atoms. The molecule has 0 aliphatic heterocycles. The Labute approximate surface area is 138 Å². The predicted octanol–water partition coefficient (Wildman–Crippen LogP) is -0.762. The third-order valence-electron chi connectivity index (χ3n) is 2.58. The summed E-state index contributed by atoms with van der Waals surface area (Å²) in [4.78, 5) is 0. The van der Waals surface area contributed by atoms with Gasteiger partial charge in [0.2, 0.25) is 0 Å². The monoisotopic (exact) mass is 351 g/mol. The second-order valence-electron chi connectivity index (χ2n) is 4.31. The quantitative estimate of drug-likeness (QED) is 0.593. The Morgan fingerprint density at radius 1 is 1.05 bits per heavy atom. The molecule has 0 fully saturated rings. The van der Waals surface area contributed by atoms with Gasteiger partial charge in [0.25, 0.3) is 10.0 Å². The minimum atomic E-state index is -0.444. The molecule has 0 amide bonds. The van der Waals surface area contributed by atoms with E-state index in [2.05, 4.69) is 15.4 Å². The van der Waals surface area contributed by atoms with Crippen molar-refractivity contribution in [1.82, 2.24) is 15.4 Å². The molecular weight excluding hydrogens is 330 g/mol. The first-order valence-corrected chi connectivity index (χ1v) is 9.46. The summed E-state index contributed by atoms with van der Waals surface area (Å²) in [7, 11) is 1.27. The summed E-state index contributed by atoms with van der Waals surface area (Å²) in [6, 6.07) is 15.0. The van der Waals surface area contributed by atoms with E-state index < -0.39 is 10.0 Å². The smallest absolute Gasteiger partial charge is 0.282 e. The van der Waals surface area contributed by atoms with E-state index in [0.717, 1.165) is 37.6 Å². The van der Waals surface area contributed by atoms with Gasteiger partial charge < -0.3 is 13.3 Å². The third kappa shape index (κ3) is 6.78. The van der Waals surface area contributed by atoms with Crippen LogP contribution in [0.3, 0.4) is 0 Å². The fourth-order valence-corrected chi connectivity index (χ4v) is 4.53. The fraction of sp³-hybridized carbons (Fsp3) is 0.0769. The molecule has 2 N–H and O–H groups in total. The maximum Gasteiger partial charge on any atom is 0.282 e. The first kappa shape index (κ1) is 18.3. The SMILES string of the molecule is Cc1ccccc1O.[SiH3]O[SiH2]O[SiH3].c1ccc2[nH]nnc2c1. The first-order chi connectivity index (χ1) is 10.7. The number of aromatic hydroxyl groups is 1. The van der Waals surface area contributed by atoms with Gasteiger partial charge in [-0.05, 0) is 30.7 Å². The van der Waals surface area contributed by atoms with Crippen molar-refractivity contribution in [1.29, 1.82) is 0 Å². The highest BCUT2D eigenvalue weighted by Gasteiger charge is 1.90. The van der Waals surface area contributed by atoms with Gasteiger partial charge in [0.05, 0.1) is 5.52 Å². The molecule has 0 unspecified atom stereocenters. The molecule has 118 valence electrons. The average molecular weight is 352 g/mol. The van der Waals surface area contributed by atoms with Crippen LogP contribution in [0.1, 0.15) is 5.56 Å². The van der Waals surface area contributed by atoms with E-state index in [1.165, 1.54) is 0 Å². The highest BCUT2D eigenvalue weighted by atomic mass is 28.3. The minimum absolute atomic E-state index is 0.368. The number of aromatic nitrogens is 3. The molecule has 0 aliphatic carbocycles. The van der Waals surface area contributed by atoms with Gasteiger partial charge in [0, 0.05) is 0 Å². The number of H-pyrrole nitrogens is 1. The minimum Gasteiger partial charge on any atom is -0.508 e. The van der Waals surface area contributed by atoms with E-state index in [9.17, 15) is 0 Å². The third-order valence-corrected chi connectivity index (χ3v) is 4.47. The zero-order chi connectivity index (χ0) is 16.2. The Morgan fingerprint density at radius 3 is 2.18 bits per heavy atom. The maximum absolute atomic E-state index is 8.92. The molecule has 6 nitrogen and oxygen atoms in total. The number of phenolic OH excluding ortho intramolecular Hbond substituents is 1. The summed E-state index contributed by atoms with van der Waals surface area (Å²) in [5.41, 5.74) is 2.82. The predicted molar refractivity (Wildman–Crippen MR) is 97.3 cm³/mol. The summed E-state index contributed by atoms with van der Waals surface area (Å²) in [6.07, 6.45) is 0. The lowest BCUT2D eigenvalue weighted by Crippen LogP contribution is -1.96. The summed E-state index contributed by atoms with van der Waals surface area (Å²) in [6.45, 7) is 1.87. The molecule has 0 bridgehead atoms. The second kappa shape index (κ2) is 10.9. The summed E-state index contributed by atoms with van der Waals surface area (Å²) < 4.78 is 9.56. The molecule has 0 saturated heterocycles. The molecule has 2 aromatic carbocycles. The van der Waals surface area contributed by atoms with Crippen molar-refractivity contribution >= 4 is 42.0 Å². The number of phenols is 1. The zero-order valence-electron chi connectivity index (χ0n) is 13.0. The van der Waals surface area contributed by atoms with Crippen molar-refractivity contribution < 1.29 is 13.3 Å². The summed E-state index contributed by atoms with van der Waals surface area (Å²) >= 11 is 0. The summed E-state index contributed by atoms with van der Waals surface area (Å²) in [5, 5.41) is 19.1. The second-order valence-corrected chi connectivity index (χ2v) is 9.17. The van der Waals surface area contributed by atoms with E-state index in [-0.39, 0.29) is 0 Å². The Bertz CT molecular complexity index is 614. The molecule has 0 radical (unpaired) electrons. The Hall–Kier alpha value is -1.79. The molecule has 3 aromatic rings. The van der Waals surface area contributed by atoms with Crippen LogP contribution < -0.4 is 0 Å². The van der Waals surface area contributed by atoms with E-state index in [1.54, 1.807) is 6.07 Å². The molecular formula is C13H21N3O3Si3. The van der Waals surface area contributed by atoms with Crippen LogP contribution in [0.15, 0.2) is 48.5 Å². The first-order valence-electron chi connectivity index (χ1n) is 6.67. The topological polar surface area (TPSA) is 80.3 Å². The van der Waals surface area contributed by atoms with Crippen LogP contribution in [0.4, 0.5) is 0 Å². The number of hydrogen-bond acceptors (Lipinski definition) is 5. The van der Waals surface area contributed by atoms with Gasteiger partial charge >= 0.3 is 0 Å². The van der Waals surface area contributed by atoms with Crippen LogP contribution in [-0.4, -0.2) is 51.5 Å². The van der Waals surface area contributed by atoms with Crippen molar-refractivity contribution in [3.05, 3.63) is 54.1 Å². The highest BCUT2D eigenvalue weighted by Crippen LogP contribution is 2.12. The van der Waals surface area contributed by atoms with E-state index in [4.69, 9.17) is 13.3 Å². The van der Waals surface area contributed by atoms with Gasteiger partial charge in [0.15, 0.2) is 0 Å². The largest absolute Gasteiger partial charge is 0.508 e. The van der Waals surface area contributed by atoms with Crippen molar-refractivity contribution in [2.45, 2.75) is 6.92 Å². The number of para-hydroxylation sites is 2. The normalized spacial score (nSPS) is 10.2. The Balaban J connectivity index is 0.000000173. The van der Waals surface area contributed by atoms with E-state index in [0.29, 0.717) is 5.75 Å². The van der Waals surface area contributed by atoms with Gasteiger partial charge in [-0.25, -0.2) is 0 Å². The van der Waals surface area contributed by atoms with Crippen LogP contribution in [-0.2, 0) is 8.23 Å². The van der Waals surface area contributed by atoms with Crippen LogP contribution >= 0.6 is 0 Å². The maximum atomic E-state index is 8.92. The number of hydrogen-bond donors (Lipinski definition) is 2. The van der Waals surface area contributed by atoms with Gasteiger partial charge in [0.1, 0.15) is 32.2 Å². The number of fused-ring (bicyclic) bond motifs is 1. The highest BCUT2D eigenvalue weighted by molar-refractivity contribution is 6.33. The average Bonchev–Trinajstić information content (AvgIpc) is 3.01. The van der Waals surface area contributed by atoms with Crippen LogP contribution in [0.25, 0.3) is 11.0 Å². The lowest BCUT2D eigenvalue weighted by atomic mass is 10.2. The lowest BCUT2D eigenvalue weighted by Gasteiger charge is -1.92. The zero-order valence-corrected chi connectivity index (χ0v) is 18.4. The van der Waals surface area contributed by atoms with Crippen molar-refractivity contribution in [3.8, 4) is 5.75 Å². The van der Waals surface area contributed by atoms with E-state index in [1.807, 2.05) is 49.4 Å². The number of benzene rings is 2. The molecule has 1 heterocycles. The standard InChI is InChI=1S/C7H8O.C6H5N3.H8O2Si3/c1-6-4-2-3-5-7(6)8;1-2-4-6-5(3-1)7-9-8-6;3-1-5-2-4/h2-5,8H,1H3;1-4H,(H,7,8,9);5H2,3-4H3. The number of nitrogens with one attached hydrogen (secondary N) is 1. The molecule has 0 spiro atoms.